The first-order chi connectivity index (χ1) is 11.4. The summed E-state index contributed by atoms with van der Waals surface area (Å²) in [6.07, 6.45) is 1.97. The van der Waals surface area contributed by atoms with Crippen LogP contribution in [-0.2, 0) is 0 Å². The second-order valence-corrected chi connectivity index (χ2v) is 6.75. The minimum atomic E-state index is 1.04. The van der Waals surface area contributed by atoms with Crippen LogP contribution in [0.5, 0.6) is 0 Å². The van der Waals surface area contributed by atoms with Crippen molar-refractivity contribution in [3.8, 4) is 11.3 Å². The van der Waals surface area contributed by atoms with E-state index in [4.69, 9.17) is 4.98 Å². The van der Waals surface area contributed by atoms with Crippen molar-refractivity contribution < 1.29 is 0 Å². The van der Waals surface area contributed by atoms with E-state index in [1.807, 2.05) is 17.5 Å². The zero-order valence-electron chi connectivity index (χ0n) is 12.4. The first-order valence-electron chi connectivity index (χ1n) is 7.65. The highest BCUT2D eigenvalue weighted by atomic mass is 32.1. The molecule has 0 aliphatic rings. The highest BCUT2D eigenvalue weighted by molar-refractivity contribution is 7.26. The van der Waals surface area contributed by atoms with Gasteiger partial charge in [0, 0.05) is 37.3 Å². The van der Waals surface area contributed by atoms with E-state index in [9.17, 15) is 0 Å². The smallest absolute Gasteiger partial charge is 0.0722 e. The zero-order valence-corrected chi connectivity index (χ0v) is 13.2. The molecular weight excluding hydrogens is 298 g/mol. The Balaban J connectivity index is 1.84. The van der Waals surface area contributed by atoms with Crippen LogP contribution < -0.4 is 0 Å². The van der Waals surface area contributed by atoms with Gasteiger partial charge in [0.15, 0.2) is 0 Å². The molecule has 0 spiro atoms. The van der Waals surface area contributed by atoms with Crippen LogP contribution in [0.2, 0.25) is 0 Å². The van der Waals surface area contributed by atoms with Crippen molar-refractivity contribution in [2.75, 3.05) is 0 Å². The van der Waals surface area contributed by atoms with Crippen molar-refractivity contribution in [1.29, 1.82) is 0 Å². The number of hydrogen-bond donors (Lipinski definition) is 0. The molecular formula is C21H13NS. The summed E-state index contributed by atoms with van der Waals surface area (Å²) < 4.78 is 2.65. The number of nitrogens with zero attached hydrogens (tertiary/aromatic N) is 1. The van der Waals surface area contributed by atoms with Gasteiger partial charge in [0.25, 0.3) is 0 Å². The van der Waals surface area contributed by atoms with Gasteiger partial charge in [-0.15, -0.1) is 11.3 Å². The van der Waals surface area contributed by atoms with E-state index < -0.39 is 0 Å². The van der Waals surface area contributed by atoms with Crippen LogP contribution in [0.4, 0.5) is 0 Å². The molecule has 0 amide bonds. The maximum absolute atomic E-state index is 4.70. The third-order valence-electron chi connectivity index (χ3n) is 4.31. The molecule has 23 heavy (non-hydrogen) atoms. The van der Waals surface area contributed by atoms with Gasteiger partial charge in [0.1, 0.15) is 0 Å². The molecule has 0 aliphatic heterocycles. The molecule has 2 heteroatoms. The van der Waals surface area contributed by atoms with Crippen LogP contribution in [0.1, 0.15) is 0 Å². The van der Waals surface area contributed by atoms with Crippen LogP contribution >= 0.6 is 11.3 Å². The number of hydrogen-bond acceptors (Lipinski definition) is 2. The van der Waals surface area contributed by atoms with Crippen LogP contribution in [0, 0.1) is 0 Å². The summed E-state index contributed by atoms with van der Waals surface area (Å²) in [4.78, 5) is 4.70. The Bertz CT molecular complexity index is 1170. The maximum atomic E-state index is 4.70. The molecule has 0 N–H and O–H groups in total. The molecule has 0 saturated carbocycles. The standard InChI is InChI=1S/C21H13NS/c1-2-7-15-13-22-19(12-14(15)6-1)18-10-5-9-17-16-8-3-4-11-20(16)23-21(17)18/h1-13H. The van der Waals surface area contributed by atoms with Gasteiger partial charge >= 0.3 is 0 Å². The minimum Gasteiger partial charge on any atom is -0.256 e. The van der Waals surface area contributed by atoms with Crippen molar-refractivity contribution in [3.63, 3.8) is 0 Å². The van der Waals surface area contributed by atoms with E-state index in [0.29, 0.717) is 0 Å². The van der Waals surface area contributed by atoms with Crippen LogP contribution in [-0.4, -0.2) is 4.98 Å². The van der Waals surface area contributed by atoms with E-state index in [-0.39, 0.29) is 0 Å². The lowest BCUT2D eigenvalue weighted by Gasteiger charge is -2.04. The molecule has 108 valence electrons. The number of fused-ring (bicyclic) bond motifs is 4. The average molecular weight is 311 g/mol. The SMILES string of the molecule is c1ccc2cc(-c3cccc4c3sc3ccccc34)ncc2c1. The Labute approximate surface area is 137 Å². The van der Waals surface area contributed by atoms with Crippen LogP contribution in [0.15, 0.2) is 79.0 Å². The predicted molar refractivity (Wildman–Crippen MR) is 100 cm³/mol. The van der Waals surface area contributed by atoms with Crippen LogP contribution in [0.3, 0.4) is 0 Å². The van der Waals surface area contributed by atoms with Crippen LogP contribution in [0.25, 0.3) is 42.2 Å². The summed E-state index contributed by atoms with van der Waals surface area (Å²) in [6, 6.07) is 25.7. The molecule has 1 nitrogen and oxygen atoms in total. The quantitative estimate of drug-likeness (QED) is 0.355. The maximum Gasteiger partial charge on any atom is 0.0722 e. The second kappa shape index (κ2) is 4.90. The largest absolute Gasteiger partial charge is 0.256 e. The second-order valence-electron chi connectivity index (χ2n) is 5.70. The van der Waals surface area contributed by atoms with E-state index in [2.05, 4.69) is 72.8 Å². The van der Waals surface area contributed by atoms with Crippen molar-refractivity contribution in [2.45, 2.75) is 0 Å². The Morgan fingerprint density at radius 2 is 1.48 bits per heavy atom. The van der Waals surface area contributed by atoms with Gasteiger partial charge < -0.3 is 0 Å². The van der Waals surface area contributed by atoms with Crippen molar-refractivity contribution in [1.82, 2.24) is 4.98 Å². The highest BCUT2D eigenvalue weighted by Crippen LogP contribution is 2.39. The topological polar surface area (TPSA) is 12.9 Å². The summed E-state index contributed by atoms with van der Waals surface area (Å²) in [5.74, 6) is 0. The molecule has 3 aromatic carbocycles. The Morgan fingerprint density at radius 1 is 0.696 bits per heavy atom. The van der Waals surface area contributed by atoms with Gasteiger partial charge in [0.2, 0.25) is 0 Å². The highest BCUT2D eigenvalue weighted by Gasteiger charge is 2.10. The number of pyridine rings is 1. The normalized spacial score (nSPS) is 11.5. The van der Waals surface area contributed by atoms with E-state index in [0.717, 1.165) is 5.69 Å². The Morgan fingerprint density at radius 3 is 2.43 bits per heavy atom. The summed E-state index contributed by atoms with van der Waals surface area (Å²) in [7, 11) is 0. The molecule has 2 heterocycles. The van der Waals surface area contributed by atoms with Crippen molar-refractivity contribution in [3.05, 3.63) is 79.0 Å². The van der Waals surface area contributed by atoms with Gasteiger partial charge in [-0.2, -0.15) is 0 Å². The molecule has 5 aromatic rings. The van der Waals surface area contributed by atoms with Gasteiger partial charge in [0.05, 0.1) is 5.69 Å². The number of benzene rings is 3. The summed E-state index contributed by atoms with van der Waals surface area (Å²) in [5.41, 5.74) is 2.26. The monoisotopic (exact) mass is 311 g/mol. The molecule has 0 unspecified atom stereocenters. The van der Waals surface area contributed by atoms with E-state index >= 15 is 0 Å². The number of thiophene rings is 1. The molecule has 0 bridgehead atoms. The minimum absolute atomic E-state index is 1.04. The Hall–Kier alpha value is -2.71. The van der Waals surface area contributed by atoms with Gasteiger partial charge in [-0.1, -0.05) is 60.7 Å². The number of rotatable bonds is 1. The third-order valence-corrected chi connectivity index (χ3v) is 5.53. The predicted octanol–water partition coefficient (Wildman–Crippen LogP) is 6.27. The summed E-state index contributed by atoms with van der Waals surface area (Å²) >= 11 is 1.85. The lowest BCUT2D eigenvalue weighted by Crippen LogP contribution is -1.84. The fourth-order valence-electron chi connectivity index (χ4n) is 3.18. The summed E-state index contributed by atoms with van der Waals surface area (Å²) in [5, 5.41) is 5.06. The fourth-order valence-corrected chi connectivity index (χ4v) is 4.40. The Kier molecular flexibility index (Phi) is 2.73. The third kappa shape index (κ3) is 1.96. The summed E-state index contributed by atoms with van der Waals surface area (Å²) in [6.45, 7) is 0. The van der Waals surface area contributed by atoms with Gasteiger partial charge in [-0.25, -0.2) is 0 Å². The lowest BCUT2D eigenvalue weighted by atomic mass is 10.0. The molecule has 0 fully saturated rings. The molecule has 0 radical (unpaired) electrons. The molecule has 0 atom stereocenters. The average Bonchev–Trinajstić information content (AvgIpc) is 3.00. The first-order valence-corrected chi connectivity index (χ1v) is 8.47. The first kappa shape index (κ1) is 12.8. The zero-order chi connectivity index (χ0) is 15.2. The molecule has 0 saturated heterocycles. The van der Waals surface area contributed by atoms with Crippen molar-refractivity contribution in [2.24, 2.45) is 0 Å². The van der Waals surface area contributed by atoms with Crippen molar-refractivity contribution >= 4 is 42.3 Å². The molecule has 0 aliphatic carbocycles. The molecule has 5 rings (SSSR count). The van der Waals surface area contributed by atoms with Gasteiger partial charge in [-0.05, 0) is 17.5 Å². The fraction of sp³-hybridized carbons (Fsp3) is 0. The van der Waals surface area contributed by atoms with Gasteiger partial charge in [-0.3, -0.25) is 4.98 Å². The van der Waals surface area contributed by atoms with E-state index in [1.165, 1.54) is 36.5 Å². The van der Waals surface area contributed by atoms with E-state index in [1.54, 1.807) is 0 Å². The number of aromatic nitrogens is 1. The molecule has 2 aromatic heterocycles. The lowest BCUT2D eigenvalue weighted by molar-refractivity contribution is 1.37.